The molecule has 0 radical (unpaired) electrons. The summed E-state index contributed by atoms with van der Waals surface area (Å²) in [6.07, 6.45) is -0.0983. The van der Waals surface area contributed by atoms with E-state index in [1.807, 2.05) is 24.3 Å². The van der Waals surface area contributed by atoms with Crippen LogP contribution in [0.25, 0.3) is 0 Å². The second-order valence-electron chi connectivity index (χ2n) is 6.28. The molecule has 0 aliphatic carbocycles. The Hall–Kier alpha value is -3.12. The second kappa shape index (κ2) is 9.19. The van der Waals surface area contributed by atoms with E-state index in [9.17, 15) is 13.2 Å². The lowest BCUT2D eigenvalue weighted by Crippen LogP contribution is -2.18. The van der Waals surface area contributed by atoms with Gasteiger partial charge in [-0.05, 0) is 30.3 Å². The van der Waals surface area contributed by atoms with Crippen LogP contribution in [-0.2, 0) is 20.4 Å². The van der Waals surface area contributed by atoms with Crippen molar-refractivity contribution < 1.29 is 17.9 Å². The van der Waals surface area contributed by atoms with E-state index >= 15 is 0 Å². The van der Waals surface area contributed by atoms with Crippen molar-refractivity contribution in [3.8, 4) is 11.5 Å². The molecule has 0 atom stereocenters. The molecule has 1 N–H and O–H groups in total. The van der Waals surface area contributed by atoms with Crippen LogP contribution in [0.1, 0.15) is 12.0 Å². The molecule has 0 spiro atoms. The van der Waals surface area contributed by atoms with Crippen LogP contribution in [0.5, 0.6) is 11.5 Å². The minimum absolute atomic E-state index is 0.0983. The van der Waals surface area contributed by atoms with E-state index in [1.54, 1.807) is 60.7 Å². The first-order valence-electron chi connectivity index (χ1n) is 8.88. The highest BCUT2D eigenvalue weighted by Crippen LogP contribution is 2.26. The summed E-state index contributed by atoms with van der Waals surface area (Å²) in [6, 6.07) is 25.2. The third-order valence-corrected chi connectivity index (χ3v) is 5.59. The average Bonchev–Trinajstić information content (AvgIpc) is 2.69. The van der Waals surface area contributed by atoms with Crippen LogP contribution < -0.4 is 10.1 Å². The number of anilines is 1. The first-order valence-corrected chi connectivity index (χ1v) is 10.7. The molecule has 28 heavy (non-hydrogen) atoms. The molecule has 0 bridgehead atoms. The Bertz CT molecular complexity index is 1020. The van der Waals surface area contributed by atoms with E-state index in [2.05, 4.69) is 5.32 Å². The lowest BCUT2D eigenvalue weighted by atomic mass is 10.2. The Balaban J connectivity index is 1.62. The Morgan fingerprint density at radius 3 is 2.14 bits per heavy atom. The van der Waals surface area contributed by atoms with E-state index in [-0.39, 0.29) is 23.8 Å². The van der Waals surface area contributed by atoms with Gasteiger partial charge in [0, 0.05) is 17.7 Å². The van der Waals surface area contributed by atoms with Gasteiger partial charge in [0.25, 0.3) is 0 Å². The van der Waals surface area contributed by atoms with E-state index in [0.29, 0.717) is 22.7 Å². The summed E-state index contributed by atoms with van der Waals surface area (Å²) >= 11 is 0. The number of hydrogen-bond acceptors (Lipinski definition) is 4. The van der Waals surface area contributed by atoms with Crippen molar-refractivity contribution in [2.24, 2.45) is 0 Å². The van der Waals surface area contributed by atoms with Crippen LogP contribution in [0.2, 0.25) is 0 Å². The maximum absolute atomic E-state index is 12.5. The number of para-hydroxylation sites is 3. The van der Waals surface area contributed by atoms with E-state index in [1.165, 1.54) is 0 Å². The SMILES string of the molecule is O=C(CCS(=O)(=O)Cc1ccccc1Oc1ccccc1)Nc1ccccc1. The predicted octanol–water partition coefficient (Wildman–Crippen LogP) is 4.42. The van der Waals surface area contributed by atoms with Gasteiger partial charge in [0.1, 0.15) is 11.5 Å². The molecular formula is C22H21NO4S. The topological polar surface area (TPSA) is 72.5 Å². The van der Waals surface area contributed by atoms with Gasteiger partial charge in [-0.3, -0.25) is 4.79 Å². The maximum Gasteiger partial charge on any atom is 0.225 e. The third kappa shape index (κ3) is 5.96. The van der Waals surface area contributed by atoms with Crippen LogP contribution in [0, 0.1) is 0 Å². The Morgan fingerprint density at radius 1 is 0.821 bits per heavy atom. The average molecular weight is 395 g/mol. The highest BCUT2D eigenvalue weighted by atomic mass is 32.2. The summed E-state index contributed by atoms with van der Waals surface area (Å²) in [6.45, 7) is 0. The highest BCUT2D eigenvalue weighted by molar-refractivity contribution is 7.90. The summed E-state index contributed by atoms with van der Waals surface area (Å²) in [4.78, 5) is 12.0. The molecular weight excluding hydrogens is 374 g/mol. The number of rotatable bonds is 8. The quantitative estimate of drug-likeness (QED) is 0.613. The Kier molecular flexibility index (Phi) is 6.45. The van der Waals surface area contributed by atoms with Crippen LogP contribution in [-0.4, -0.2) is 20.1 Å². The highest BCUT2D eigenvalue weighted by Gasteiger charge is 2.17. The number of carbonyl (C=O) groups is 1. The molecule has 0 aliphatic rings. The van der Waals surface area contributed by atoms with Crippen molar-refractivity contribution in [3.63, 3.8) is 0 Å². The second-order valence-corrected chi connectivity index (χ2v) is 8.46. The van der Waals surface area contributed by atoms with Crippen molar-refractivity contribution in [2.45, 2.75) is 12.2 Å². The van der Waals surface area contributed by atoms with Gasteiger partial charge in [-0.25, -0.2) is 8.42 Å². The molecule has 0 saturated carbocycles. The van der Waals surface area contributed by atoms with Crippen molar-refractivity contribution >= 4 is 21.4 Å². The summed E-state index contributed by atoms with van der Waals surface area (Å²) in [5, 5.41) is 2.69. The summed E-state index contributed by atoms with van der Waals surface area (Å²) in [5.74, 6) is 0.379. The monoisotopic (exact) mass is 395 g/mol. The largest absolute Gasteiger partial charge is 0.457 e. The van der Waals surface area contributed by atoms with E-state index in [0.717, 1.165) is 0 Å². The molecule has 144 valence electrons. The molecule has 5 nitrogen and oxygen atoms in total. The maximum atomic E-state index is 12.5. The number of sulfone groups is 1. The zero-order valence-corrected chi connectivity index (χ0v) is 16.1. The number of amides is 1. The minimum Gasteiger partial charge on any atom is -0.457 e. The normalized spacial score (nSPS) is 11.0. The summed E-state index contributed by atoms with van der Waals surface area (Å²) in [5.41, 5.74) is 1.21. The number of benzene rings is 3. The molecule has 3 aromatic carbocycles. The molecule has 3 aromatic rings. The van der Waals surface area contributed by atoms with Crippen molar-refractivity contribution in [2.75, 3.05) is 11.1 Å². The van der Waals surface area contributed by atoms with Crippen LogP contribution in [0.3, 0.4) is 0 Å². The van der Waals surface area contributed by atoms with Crippen LogP contribution in [0.15, 0.2) is 84.9 Å². The van der Waals surface area contributed by atoms with Gasteiger partial charge in [0.05, 0.1) is 11.5 Å². The predicted molar refractivity (Wildman–Crippen MR) is 110 cm³/mol. The molecule has 0 aliphatic heterocycles. The fraction of sp³-hybridized carbons (Fsp3) is 0.136. The molecule has 0 unspecified atom stereocenters. The number of nitrogens with one attached hydrogen (secondary N) is 1. The molecule has 1 amide bonds. The van der Waals surface area contributed by atoms with Crippen molar-refractivity contribution in [3.05, 3.63) is 90.5 Å². The molecule has 0 heterocycles. The molecule has 3 rings (SSSR count). The van der Waals surface area contributed by atoms with Gasteiger partial charge >= 0.3 is 0 Å². The summed E-state index contributed by atoms with van der Waals surface area (Å²) < 4.78 is 30.9. The lowest BCUT2D eigenvalue weighted by Gasteiger charge is -2.11. The Morgan fingerprint density at radius 2 is 1.43 bits per heavy atom. The van der Waals surface area contributed by atoms with E-state index < -0.39 is 9.84 Å². The van der Waals surface area contributed by atoms with Gasteiger partial charge < -0.3 is 10.1 Å². The first kappa shape index (κ1) is 19.6. The first-order chi connectivity index (χ1) is 13.5. The van der Waals surface area contributed by atoms with Gasteiger partial charge in [0.2, 0.25) is 5.91 Å². The summed E-state index contributed by atoms with van der Waals surface area (Å²) in [7, 11) is -3.48. The molecule has 0 fully saturated rings. The van der Waals surface area contributed by atoms with Gasteiger partial charge in [-0.1, -0.05) is 54.6 Å². The van der Waals surface area contributed by atoms with Crippen molar-refractivity contribution in [1.29, 1.82) is 0 Å². The van der Waals surface area contributed by atoms with Gasteiger partial charge in [-0.15, -0.1) is 0 Å². The standard InChI is InChI=1S/C22H21NO4S/c24-22(23-19-10-3-1-4-11-19)15-16-28(25,26)17-18-9-7-8-14-21(18)27-20-12-5-2-6-13-20/h1-14H,15-17H2,(H,23,24). The zero-order chi connectivity index (χ0) is 19.8. The number of hydrogen-bond donors (Lipinski definition) is 1. The molecule has 6 heteroatoms. The fourth-order valence-corrected chi connectivity index (χ4v) is 3.99. The Labute approximate surface area is 164 Å². The number of ether oxygens (including phenoxy) is 1. The van der Waals surface area contributed by atoms with Gasteiger partial charge in [-0.2, -0.15) is 0 Å². The smallest absolute Gasteiger partial charge is 0.225 e. The van der Waals surface area contributed by atoms with Crippen molar-refractivity contribution in [1.82, 2.24) is 0 Å². The number of carbonyl (C=O) groups excluding carboxylic acids is 1. The molecule has 0 saturated heterocycles. The van der Waals surface area contributed by atoms with Crippen LogP contribution in [0.4, 0.5) is 5.69 Å². The zero-order valence-electron chi connectivity index (χ0n) is 15.2. The molecule has 0 aromatic heterocycles. The van der Waals surface area contributed by atoms with Crippen LogP contribution >= 0.6 is 0 Å². The lowest BCUT2D eigenvalue weighted by molar-refractivity contribution is -0.115. The van der Waals surface area contributed by atoms with Gasteiger partial charge in [0.15, 0.2) is 9.84 Å². The fourth-order valence-electron chi connectivity index (χ4n) is 2.64. The van der Waals surface area contributed by atoms with E-state index in [4.69, 9.17) is 4.74 Å². The third-order valence-electron chi connectivity index (χ3n) is 4.02. The minimum atomic E-state index is -3.48.